The van der Waals surface area contributed by atoms with Gasteiger partial charge in [0.1, 0.15) is 0 Å². The minimum Gasteiger partial charge on any atom is -0.396 e. The zero-order valence-electron chi connectivity index (χ0n) is 7.85. The fourth-order valence-corrected chi connectivity index (χ4v) is 2.41. The summed E-state index contributed by atoms with van der Waals surface area (Å²) in [7, 11) is 0. The number of aliphatic hydroxyl groups excluding tert-OH is 1. The predicted octanol–water partition coefficient (Wildman–Crippen LogP) is 1.20. The average Bonchev–Trinajstić information content (AvgIpc) is 2.88. The van der Waals surface area contributed by atoms with Crippen molar-refractivity contribution in [2.45, 2.75) is 6.42 Å². The molecule has 0 saturated carbocycles. The standard InChI is InChI=1S/C10H13NO2S/c12-7-8-3-4-11(6-8)10(13)9-2-1-5-14-9/h1-2,5,8,12H,3-4,6-7H2. The molecule has 1 saturated heterocycles. The molecule has 1 fully saturated rings. The third-order valence-electron chi connectivity index (χ3n) is 2.56. The Balaban J connectivity index is 2.00. The van der Waals surface area contributed by atoms with E-state index in [2.05, 4.69) is 0 Å². The predicted molar refractivity (Wildman–Crippen MR) is 55.4 cm³/mol. The van der Waals surface area contributed by atoms with Gasteiger partial charge in [0.15, 0.2) is 0 Å². The monoisotopic (exact) mass is 211 g/mol. The van der Waals surface area contributed by atoms with Gasteiger partial charge in [-0.2, -0.15) is 0 Å². The van der Waals surface area contributed by atoms with E-state index in [-0.39, 0.29) is 18.4 Å². The minimum absolute atomic E-state index is 0.107. The normalized spacial score (nSPS) is 21.5. The fraction of sp³-hybridized carbons (Fsp3) is 0.500. The van der Waals surface area contributed by atoms with Crippen LogP contribution in [-0.2, 0) is 0 Å². The van der Waals surface area contributed by atoms with Crippen LogP contribution in [0, 0.1) is 5.92 Å². The Hall–Kier alpha value is -0.870. The molecule has 76 valence electrons. The molecule has 1 aromatic rings. The number of rotatable bonds is 2. The molecule has 2 rings (SSSR count). The molecule has 2 heterocycles. The van der Waals surface area contributed by atoms with E-state index in [1.54, 1.807) is 0 Å². The quantitative estimate of drug-likeness (QED) is 0.798. The average molecular weight is 211 g/mol. The highest BCUT2D eigenvalue weighted by molar-refractivity contribution is 7.12. The van der Waals surface area contributed by atoms with Gasteiger partial charge in [-0.3, -0.25) is 4.79 Å². The number of likely N-dealkylation sites (tertiary alicyclic amines) is 1. The van der Waals surface area contributed by atoms with Crippen LogP contribution in [0.15, 0.2) is 17.5 Å². The number of hydrogen-bond acceptors (Lipinski definition) is 3. The van der Waals surface area contributed by atoms with Crippen LogP contribution in [0.1, 0.15) is 16.1 Å². The fourth-order valence-electron chi connectivity index (χ4n) is 1.72. The van der Waals surface area contributed by atoms with Gasteiger partial charge in [0.2, 0.25) is 0 Å². The molecule has 0 spiro atoms. The second kappa shape index (κ2) is 4.11. The molecule has 0 bridgehead atoms. The molecular formula is C10H13NO2S. The molecule has 1 aliphatic rings. The second-order valence-electron chi connectivity index (χ2n) is 3.57. The Morgan fingerprint density at radius 3 is 3.14 bits per heavy atom. The second-order valence-corrected chi connectivity index (χ2v) is 4.51. The van der Waals surface area contributed by atoms with E-state index < -0.39 is 0 Å². The number of nitrogens with zero attached hydrogens (tertiary/aromatic N) is 1. The Morgan fingerprint density at radius 2 is 2.57 bits per heavy atom. The topological polar surface area (TPSA) is 40.5 Å². The molecule has 1 unspecified atom stereocenters. The molecule has 0 radical (unpaired) electrons. The van der Waals surface area contributed by atoms with Crippen molar-refractivity contribution >= 4 is 17.2 Å². The molecule has 1 N–H and O–H groups in total. The molecule has 0 aromatic carbocycles. The van der Waals surface area contributed by atoms with Gasteiger partial charge < -0.3 is 10.0 Å². The van der Waals surface area contributed by atoms with Gasteiger partial charge in [-0.25, -0.2) is 0 Å². The highest BCUT2D eigenvalue weighted by Gasteiger charge is 2.26. The summed E-state index contributed by atoms with van der Waals surface area (Å²) in [6.07, 6.45) is 0.924. The van der Waals surface area contributed by atoms with E-state index in [0.717, 1.165) is 17.8 Å². The maximum Gasteiger partial charge on any atom is 0.263 e. The van der Waals surface area contributed by atoms with Gasteiger partial charge in [0, 0.05) is 25.6 Å². The SMILES string of the molecule is O=C(c1cccs1)N1CCC(CO)C1. The first-order valence-electron chi connectivity index (χ1n) is 4.75. The molecule has 0 aliphatic carbocycles. The Labute approximate surface area is 87.0 Å². The van der Waals surface area contributed by atoms with Crippen molar-refractivity contribution in [2.75, 3.05) is 19.7 Å². The van der Waals surface area contributed by atoms with Crippen molar-refractivity contribution in [2.24, 2.45) is 5.92 Å². The summed E-state index contributed by atoms with van der Waals surface area (Å²) in [5.74, 6) is 0.384. The first kappa shape index (κ1) is 9.68. The van der Waals surface area contributed by atoms with E-state index in [1.807, 2.05) is 22.4 Å². The van der Waals surface area contributed by atoms with Crippen LogP contribution in [0.2, 0.25) is 0 Å². The van der Waals surface area contributed by atoms with E-state index >= 15 is 0 Å². The first-order valence-corrected chi connectivity index (χ1v) is 5.63. The highest BCUT2D eigenvalue weighted by Crippen LogP contribution is 2.20. The smallest absolute Gasteiger partial charge is 0.263 e. The number of aliphatic hydroxyl groups is 1. The van der Waals surface area contributed by atoms with Crippen molar-refractivity contribution in [3.05, 3.63) is 22.4 Å². The number of amides is 1. The lowest BCUT2D eigenvalue weighted by atomic mass is 10.1. The Kier molecular flexibility index (Phi) is 2.84. The van der Waals surface area contributed by atoms with Crippen LogP contribution in [-0.4, -0.2) is 35.6 Å². The molecule has 1 atom stereocenters. The van der Waals surface area contributed by atoms with Crippen molar-refractivity contribution in [3.8, 4) is 0 Å². The Morgan fingerprint density at radius 1 is 1.71 bits per heavy atom. The summed E-state index contributed by atoms with van der Waals surface area (Å²) in [6, 6.07) is 3.73. The van der Waals surface area contributed by atoms with Gasteiger partial charge in [-0.1, -0.05) is 6.07 Å². The summed E-state index contributed by atoms with van der Waals surface area (Å²) in [5, 5.41) is 10.9. The van der Waals surface area contributed by atoms with Crippen LogP contribution in [0.5, 0.6) is 0 Å². The molecule has 3 nitrogen and oxygen atoms in total. The van der Waals surface area contributed by atoms with Crippen LogP contribution in [0.4, 0.5) is 0 Å². The molecule has 1 aromatic heterocycles. The van der Waals surface area contributed by atoms with Gasteiger partial charge in [-0.15, -0.1) is 11.3 Å². The van der Waals surface area contributed by atoms with Crippen LogP contribution in [0.3, 0.4) is 0 Å². The zero-order valence-corrected chi connectivity index (χ0v) is 8.67. The maximum atomic E-state index is 11.8. The molecule has 1 aliphatic heterocycles. The van der Waals surface area contributed by atoms with E-state index in [1.165, 1.54) is 11.3 Å². The molecular weight excluding hydrogens is 198 g/mol. The molecule has 14 heavy (non-hydrogen) atoms. The number of carbonyl (C=O) groups excluding carboxylic acids is 1. The van der Waals surface area contributed by atoms with Crippen LogP contribution < -0.4 is 0 Å². The van der Waals surface area contributed by atoms with Crippen molar-refractivity contribution in [1.29, 1.82) is 0 Å². The number of thiophene rings is 1. The lowest BCUT2D eigenvalue weighted by Gasteiger charge is -2.14. The minimum atomic E-state index is 0.107. The highest BCUT2D eigenvalue weighted by atomic mass is 32.1. The molecule has 4 heteroatoms. The first-order chi connectivity index (χ1) is 6.81. The van der Waals surface area contributed by atoms with Gasteiger partial charge in [-0.05, 0) is 17.9 Å². The lowest BCUT2D eigenvalue weighted by Crippen LogP contribution is -2.28. The Bertz CT molecular complexity index is 310. The van der Waals surface area contributed by atoms with Gasteiger partial charge in [0.05, 0.1) is 4.88 Å². The number of carbonyl (C=O) groups is 1. The largest absolute Gasteiger partial charge is 0.396 e. The number of hydrogen-bond donors (Lipinski definition) is 1. The van der Waals surface area contributed by atoms with Crippen molar-refractivity contribution < 1.29 is 9.90 Å². The molecule has 1 amide bonds. The van der Waals surface area contributed by atoms with E-state index in [9.17, 15) is 4.79 Å². The summed E-state index contributed by atoms with van der Waals surface area (Å²) in [6.45, 7) is 1.67. The van der Waals surface area contributed by atoms with Crippen LogP contribution in [0.25, 0.3) is 0 Å². The summed E-state index contributed by atoms with van der Waals surface area (Å²) >= 11 is 1.47. The zero-order chi connectivity index (χ0) is 9.97. The van der Waals surface area contributed by atoms with Crippen molar-refractivity contribution in [1.82, 2.24) is 4.90 Å². The van der Waals surface area contributed by atoms with Crippen molar-refractivity contribution in [3.63, 3.8) is 0 Å². The summed E-state index contributed by atoms with van der Waals surface area (Å²) in [5.41, 5.74) is 0. The van der Waals surface area contributed by atoms with Gasteiger partial charge >= 0.3 is 0 Å². The van der Waals surface area contributed by atoms with E-state index in [0.29, 0.717) is 6.54 Å². The summed E-state index contributed by atoms with van der Waals surface area (Å²) in [4.78, 5) is 14.4. The maximum absolute atomic E-state index is 11.8. The lowest BCUT2D eigenvalue weighted by molar-refractivity contribution is 0.0786. The van der Waals surface area contributed by atoms with Crippen LogP contribution >= 0.6 is 11.3 Å². The van der Waals surface area contributed by atoms with E-state index in [4.69, 9.17) is 5.11 Å². The summed E-state index contributed by atoms with van der Waals surface area (Å²) < 4.78 is 0. The van der Waals surface area contributed by atoms with Gasteiger partial charge in [0.25, 0.3) is 5.91 Å². The third-order valence-corrected chi connectivity index (χ3v) is 3.42. The third kappa shape index (κ3) is 1.81.